The molecule has 122 heavy (non-hydrogen) atoms. The SMILES string of the molecule is C=Cc1c(C(OC2CCCCO2)c2ccc(F)c(-c3nc(C(C)(CCC(F)(F)COc4cc[nH]n4)c4cccc(C[C@H](C)C(=O)OC)c4)nn3C)c2)c(F)cc2c1ccn2[Si](C(C)C)(C(C)C)C(C)C.C[C@@H](Cc1cccc(C2(C)CCC(F)(F)COc3ccn(n3)Cc3c(c(F)cc4[nH]ccc34)C(=O)c3ccc(F)c(c3)-c3nc2nn3C)c1)C(=O)O. The molecule has 3 N–H and O–H groups in total. The Kier molecular flexibility index (Phi) is 26.1. The van der Waals surface area contributed by atoms with Crippen molar-refractivity contribution in [2.75, 3.05) is 26.9 Å². The number of nitrogens with zero attached hydrogens (tertiary/aromatic N) is 10. The summed E-state index contributed by atoms with van der Waals surface area (Å²) in [4.78, 5) is 50.8. The number of ether oxygens (including phenoxy) is 5. The number of esters is 1. The van der Waals surface area contributed by atoms with Crippen LogP contribution < -0.4 is 9.47 Å². The van der Waals surface area contributed by atoms with E-state index in [1.165, 1.54) is 77.0 Å². The molecule has 12 aromatic rings. The Hall–Kier alpha value is -11.4. The van der Waals surface area contributed by atoms with Crippen LogP contribution in [0.4, 0.5) is 35.1 Å². The van der Waals surface area contributed by atoms with Crippen LogP contribution in [-0.2, 0) is 68.1 Å². The third-order valence-electron chi connectivity index (χ3n) is 24.3. The summed E-state index contributed by atoms with van der Waals surface area (Å²) >= 11 is 0. The minimum Gasteiger partial charge on any atom is -0.481 e. The van der Waals surface area contributed by atoms with E-state index in [9.17, 15) is 19.5 Å². The Morgan fingerprint density at radius 3 is 2.14 bits per heavy atom. The first kappa shape index (κ1) is 88.4. The van der Waals surface area contributed by atoms with Crippen LogP contribution in [0.25, 0.3) is 50.7 Å². The van der Waals surface area contributed by atoms with Crippen molar-refractivity contribution in [1.82, 2.24) is 58.7 Å². The summed E-state index contributed by atoms with van der Waals surface area (Å²) in [6.07, 6.45) is 7.84. The van der Waals surface area contributed by atoms with Crippen LogP contribution in [0.1, 0.15) is 192 Å². The molecule has 0 aliphatic carbocycles. The summed E-state index contributed by atoms with van der Waals surface area (Å²) in [6, 6.07) is 31.8. The number of fused-ring (bicyclic) bond motifs is 11. The summed E-state index contributed by atoms with van der Waals surface area (Å²) in [7, 11) is 2.16. The number of carboxylic acid groups (broad SMARTS) is 1. The molecule has 6 aromatic heterocycles. The predicted molar refractivity (Wildman–Crippen MR) is 450 cm³/mol. The molecule has 30 heteroatoms. The Labute approximate surface area is 703 Å². The van der Waals surface area contributed by atoms with E-state index in [2.05, 4.69) is 88.9 Å². The molecule has 644 valence electrons. The normalized spacial score (nSPS) is 17.2. The standard InChI is InChI=1S/C54H68F4N6O5Si.C38H34F4N6O4/c1-12-40-41-22-26-64(70(33(2)3,34(4)5)35(6)7)45(41)31-44(56)48(40)49(69-47-18-13-14-27-67-47)38-19-20-43(55)42(30-38)50-60-52(62-63(50)10)53(9,23-24-54(57,58)32-68-46-21-25-59-61-46)39-17-15-16-37(29-39)28-36(8)51(65)66-11;1-21(35(50)51)15-22-5-4-6-24(16-22)37(2)11-12-38(41,42)20-52-31-10-14-48(45-31)19-27-25-9-13-43-30(25)18-29(40)32(27)33(49)23-7-8-28(39)26(17-23)34-44-36(37)46-47(34)3/h12,15-17,19-22,25-26,29-31,33-36,47,49H,1,13-14,18,23-24,27-28,32H2,2-11H3,(H,59,61);4-10,13-14,16-18,21,43H,11-12,15,19-20H2,1-3H3,(H,50,51)/t36-,47?,49?,53?;21-,37?/m00/s1. The number of carbonyl (C=O) groups is 3. The zero-order chi connectivity index (χ0) is 87.7. The number of hydrogen-bond donors (Lipinski definition) is 3. The van der Waals surface area contributed by atoms with Gasteiger partial charge in [-0.25, -0.2) is 54.5 Å². The van der Waals surface area contributed by atoms with Gasteiger partial charge in [0, 0.05) is 97.2 Å². The van der Waals surface area contributed by atoms with Crippen molar-refractivity contribution >= 4 is 53.8 Å². The number of aromatic amines is 2. The minimum atomic E-state index is -3.35. The van der Waals surface area contributed by atoms with Gasteiger partial charge in [0.1, 0.15) is 29.4 Å². The van der Waals surface area contributed by atoms with Gasteiger partial charge in [-0.15, -0.1) is 10.2 Å². The van der Waals surface area contributed by atoms with Gasteiger partial charge in [-0.3, -0.25) is 24.2 Å². The van der Waals surface area contributed by atoms with Crippen molar-refractivity contribution in [1.29, 1.82) is 0 Å². The van der Waals surface area contributed by atoms with Crippen LogP contribution in [0.3, 0.4) is 0 Å². The first-order valence-corrected chi connectivity index (χ1v) is 43.2. The molecule has 4 unspecified atom stereocenters. The fraction of sp³-hybridized carbons (Fsp3) is 0.402. The van der Waals surface area contributed by atoms with E-state index < -0.39 is 116 Å². The Morgan fingerprint density at radius 1 is 0.754 bits per heavy atom. The number of aliphatic carboxylic acids is 1. The van der Waals surface area contributed by atoms with E-state index in [0.29, 0.717) is 74.8 Å². The number of aryl methyl sites for hydroxylation is 2. The molecule has 0 amide bonds. The Bertz CT molecular complexity index is 5790. The van der Waals surface area contributed by atoms with Gasteiger partial charge in [-0.2, -0.15) is 10.2 Å². The average molecular weight is 1700 g/mol. The van der Waals surface area contributed by atoms with Crippen molar-refractivity contribution < 1.29 is 78.3 Å². The van der Waals surface area contributed by atoms with Crippen LogP contribution >= 0.6 is 0 Å². The van der Waals surface area contributed by atoms with Crippen LogP contribution in [0.15, 0.2) is 153 Å². The molecular formula is C92H102F8N12O9Si. The molecule has 8 heterocycles. The van der Waals surface area contributed by atoms with Gasteiger partial charge in [-0.1, -0.05) is 123 Å². The lowest BCUT2D eigenvalue weighted by atomic mass is 9.76. The van der Waals surface area contributed by atoms with Gasteiger partial charge in [0.25, 0.3) is 11.8 Å². The number of aromatic nitrogens is 12. The summed E-state index contributed by atoms with van der Waals surface area (Å²) in [5.74, 6) is -12.2. The van der Waals surface area contributed by atoms with Gasteiger partial charge in [-0.05, 0) is 175 Å². The fourth-order valence-electron chi connectivity index (χ4n) is 17.7. The molecule has 2 aliphatic heterocycles. The van der Waals surface area contributed by atoms with Gasteiger partial charge >= 0.3 is 11.9 Å². The van der Waals surface area contributed by atoms with Crippen molar-refractivity contribution in [2.24, 2.45) is 25.9 Å². The second-order valence-corrected chi connectivity index (χ2v) is 39.3. The molecule has 1 fully saturated rings. The maximum atomic E-state index is 17.4. The van der Waals surface area contributed by atoms with E-state index in [1.807, 2.05) is 24.3 Å². The number of carbonyl (C=O) groups excluding carboxylic acids is 2. The van der Waals surface area contributed by atoms with Gasteiger partial charge in [0.15, 0.2) is 56.8 Å². The zero-order valence-corrected chi connectivity index (χ0v) is 71.6. The first-order valence-electron chi connectivity index (χ1n) is 41.0. The quantitative estimate of drug-likeness (QED) is 0.0273. The van der Waals surface area contributed by atoms with Gasteiger partial charge in [0.05, 0.1) is 53.0 Å². The summed E-state index contributed by atoms with van der Waals surface area (Å²) in [6.45, 7) is 23.1. The van der Waals surface area contributed by atoms with Crippen molar-refractivity contribution in [3.05, 3.63) is 243 Å². The van der Waals surface area contributed by atoms with E-state index in [4.69, 9.17) is 33.8 Å². The second kappa shape index (κ2) is 36.0. The Morgan fingerprint density at radius 2 is 1.45 bits per heavy atom. The number of halogens is 8. The van der Waals surface area contributed by atoms with Gasteiger partial charge < -0.3 is 38.0 Å². The van der Waals surface area contributed by atoms with Crippen LogP contribution in [-0.4, -0.2) is 135 Å². The maximum Gasteiger partial charge on any atom is 0.308 e. The number of hydrogen-bond acceptors (Lipinski definition) is 14. The summed E-state index contributed by atoms with van der Waals surface area (Å²) in [5, 5.41) is 30.9. The number of benzene rings is 6. The van der Waals surface area contributed by atoms with Crippen LogP contribution in [0.2, 0.25) is 16.6 Å². The number of nitrogens with one attached hydrogen (secondary N) is 2. The first-order chi connectivity index (χ1) is 58.0. The molecule has 0 saturated carbocycles. The molecule has 6 aromatic carbocycles. The minimum absolute atomic E-state index is 0.0129. The molecule has 6 bridgehead atoms. The lowest BCUT2D eigenvalue weighted by Crippen LogP contribution is -2.51. The average Bonchev–Trinajstić information content (AvgIpc) is 1.53. The molecule has 0 radical (unpaired) electrons. The number of ketones is 1. The number of carboxylic acids is 1. The van der Waals surface area contributed by atoms with E-state index in [-0.39, 0.29) is 100 Å². The molecule has 2 aliphatic rings. The lowest BCUT2D eigenvalue weighted by molar-refractivity contribution is -0.181. The largest absolute Gasteiger partial charge is 0.481 e. The number of alkyl halides is 4. The number of rotatable bonds is 25. The van der Waals surface area contributed by atoms with E-state index in [1.54, 1.807) is 102 Å². The Balaban J connectivity index is 0.000000219. The number of H-pyrrole nitrogens is 2. The molecule has 6 atom stereocenters. The highest BCUT2D eigenvalue weighted by molar-refractivity contribution is 6.82. The van der Waals surface area contributed by atoms with Gasteiger partial charge in [0.2, 0.25) is 11.8 Å². The van der Waals surface area contributed by atoms with Crippen molar-refractivity contribution in [3.8, 4) is 34.5 Å². The monoisotopic (exact) mass is 1700 g/mol. The third-order valence-corrected chi connectivity index (χ3v) is 31.0. The lowest BCUT2D eigenvalue weighted by Gasteiger charge is -2.44. The molecule has 1 saturated heterocycles. The fourth-order valence-corrected chi connectivity index (χ4v) is 24.4. The molecule has 0 spiro atoms. The van der Waals surface area contributed by atoms with Crippen molar-refractivity contribution in [3.63, 3.8) is 0 Å². The zero-order valence-electron chi connectivity index (χ0n) is 70.6. The van der Waals surface area contributed by atoms with E-state index >= 15 is 35.1 Å². The number of methoxy groups -OCH3 is 1. The molecular weight excluding hydrogens is 1600 g/mol. The van der Waals surface area contributed by atoms with Crippen LogP contribution in [0, 0.1) is 35.1 Å². The summed E-state index contributed by atoms with van der Waals surface area (Å²) < 4.78 is 163. The molecule has 14 rings (SSSR count). The van der Waals surface area contributed by atoms with E-state index in [0.717, 1.165) is 35.4 Å². The predicted octanol–water partition coefficient (Wildman–Crippen LogP) is 20.0. The topological polar surface area (TPSA) is 246 Å². The highest BCUT2D eigenvalue weighted by Gasteiger charge is 2.47. The van der Waals surface area contributed by atoms with Crippen LogP contribution in [0.5, 0.6) is 11.8 Å². The summed E-state index contributed by atoms with van der Waals surface area (Å²) in [5.41, 5.74) is 3.61. The maximum absolute atomic E-state index is 17.4. The third kappa shape index (κ3) is 18.1. The smallest absolute Gasteiger partial charge is 0.308 e. The van der Waals surface area contributed by atoms with Crippen molar-refractivity contribution in [2.45, 2.75) is 185 Å². The highest BCUT2D eigenvalue weighted by Crippen LogP contribution is 2.49. The highest BCUT2D eigenvalue weighted by atomic mass is 28.3. The molecule has 21 nitrogen and oxygen atoms in total. The second-order valence-electron chi connectivity index (χ2n) is 33.5.